The number of hydrogen-bond donors (Lipinski definition) is 1. The summed E-state index contributed by atoms with van der Waals surface area (Å²) in [5.74, 6) is 0. The van der Waals surface area contributed by atoms with Gasteiger partial charge < -0.3 is 5.32 Å². The molecule has 2 rings (SSSR count). The van der Waals surface area contributed by atoms with Gasteiger partial charge in [0.15, 0.2) is 0 Å². The van der Waals surface area contributed by atoms with Crippen LogP contribution in [0.25, 0.3) is 0 Å². The first-order valence-corrected chi connectivity index (χ1v) is 6.49. The zero-order valence-corrected chi connectivity index (χ0v) is 10.1. The van der Waals surface area contributed by atoms with Gasteiger partial charge in [0.25, 0.3) is 0 Å². The standard InChI is InChI=1S/C12H18N2S/c1-3-8-13-9-6-5-7-10-12(9)15-11(4-2)14-10/h3,9,13H,1,4-8H2,2H3/t9-/m1/s1. The number of aryl methyl sites for hydroxylation is 2. The van der Waals surface area contributed by atoms with Gasteiger partial charge in [0.2, 0.25) is 0 Å². The van der Waals surface area contributed by atoms with E-state index >= 15 is 0 Å². The molecule has 15 heavy (non-hydrogen) atoms. The summed E-state index contributed by atoms with van der Waals surface area (Å²) in [5.41, 5.74) is 1.34. The van der Waals surface area contributed by atoms with E-state index < -0.39 is 0 Å². The van der Waals surface area contributed by atoms with Crippen molar-refractivity contribution in [1.29, 1.82) is 0 Å². The minimum absolute atomic E-state index is 0.518. The number of aromatic nitrogens is 1. The third-order valence-corrected chi connectivity index (χ3v) is 4.16. The van der Waals surface area contributed by atoms with Crippen LogP contribution in [0.3, 0.4) is 0 Å². The zero-order chi connectivity index (χ0) is 10.7. The molecule has 0 aliphatic heterocycles. The Bertz CT molecular complexity index is 343. The lowest BCUT2D eigenvalue weighted by Crippen LogP contribution is -2.24. The molecule has 1 atom stereocenters. The van der Waals surface area contributed by atoms with Crippen molar-refractivity contribution >= 4 is 11.3 Å². The predicted octanol–water partition coefficient (Wildman–Crippen LogP) is 2.86. The fourth-order valence-electron chi connectivity index (χ4n) is 2.04. The van der Waals surface area contributed by atoms with Gasteiger partial charge >= 0.3 is 0 Å². The molecule has 0 amide bonds. The van der Waals surface area contributed by atoms with Gasteiger partial charge in [-0.2, -0.15) is 0 Å². The Balaban J connectivity index is 2.17. The van der Waals surface area contributed by atoms with Crippen LogP contribution in [-0.2, 0) is 12.8 Å². The van der Waals surface area contributed by atoms with Crippen molar-refractivity contribution in [2.45, 2.75) is 38.6 Å². The van der Waals surface area contributed by atoms with Crippen LogP contribution in [-0.4, -0.2) is 11.5 Å². The largest absolute Gasteiger partial charge is 0.306 e. The van der Waals surface area contributed by atoms with Gasteiger partial charge in [-0.05, 0) is 25.7 Å². The van der Waals surface area contributed by atoms with Crippen LogP contribution in [0.15, 0.2) is 12.7 Å². The maximum Gasteiger partial charge on any atom is 0.0928 e. The van der Waals surface area contributed by atoms with E-state index in [1.54, 1.807) is 0 Å². The molecular weight excluding hydrogens is 204 g/mol. The lowest BCUT2D eigenvalue weighted by Gasteiger charge is -2.21. The average Bonchev–Trinajstić information content (AvgIpc) is 2.69. The molecule has 1 N–H and O–H groups in total. The topological polar surface area (TPSA) is 24.9 Å². The van der Waals surface area contributed by atoms with E-state index in [0.29, 0.717) is 6.04 Å². The molecule has 0 radical (unpaired) electrons. The van der Waals surface area contributed by atoms with Crippen molar-refractivity contribution in [2.24, 2.45) is 0 Å². The lowest BCUT2D eigenvalue weighted by atomic mass is 9.98. The molecule has 82 valence electrons. The van der Waals surface area contributed by atoms with Crippen LogP contribution >= 0.6 is 11.3 Å². The van der Waals surface area contributed by atoms with E-state index in [9.17, 15) is 0 Å². The van der Waals surface area contributed by atoms with Crippen molar-refractivity contribution in [3.05, 3.63) is 28.2 Å². The molecule has 0 saturated heterocycles. The van der Waals surface area contributed by atoms with E-state index in [1.807, 2.05) is 17.4 Å². The minimum atomic E-state index is 0.518. The highest BCUT2D eigenvalue weighted by Gasteiger charge is 2.23. The molecule has 0 bridgehead atoms. The van der Waals surface area contributed by atoms with Gasteiger partial charge in [-0.25, -0.2) is 4.98 Å². The summed E-state index contributed by atoms with van der Waals surface area (Å²) in [6, 6.07) is 0.518. The van der Waals surface area contributed by atoms with Gasteiger partial charge in [0.1, 0.15) is 0 Å². The molecule has 0 aromatic carbocycles. The maximum atomic E-state index is 4.68. The zero-order valence-electron chi connectivity index (χ0n) is 9.25. The van der Waals surface area contributed by atoms with Gasteiger partial charge in [-0.1, -0.05) is 13.0 Å². The average molecular weight is 222 g/mol. The highest BCUT2D eigenvalue weighted by molar-refractivity contribution is 7.11. The molecule has 0 spiro atoms. The second-order valence-corrected chi connectivity index (χ2v) is 5.03. The first-order valence-electron chi connectivity index (χ1n) is 5.68. The molecule has 1 aromatic rings. The summed E-state index contributed by atoms with van der Waals surface area (Å²) >= 11 is 1.89. The van der Waals surface area contributed by atoms with Gasteiger partial charge in [-0.3, -0.25) is 0 Å². The van der Waals surface area contributed by atoms with Crippen molar-refractivity contribution < 1.29 is 0 Å². The fourth-order valence-corrected chi connectivity index (χ4v) is 3.20. The normalized spacial score (nSPS) is 19.9. The van der Waals surface area contributed by atoms with Crippen LogP contribution in [0, 0.1) is 0 Å². The van der Waals surface area contributed by atoms with Crippen molar-refractivity contribution in [3.8, 4) is 0 Å². The summed E-state index contributed by atoms with van der Waals surface area (Å²) < 4.78 is 0. The van der Waals surface area contributed by atoms with E-state index in [2.05, 4.69) is 23.8 Å². The number of nitrogens with zero attached hydrogens (tertiary/aromatic N) is 1. The molecular formula is C12H18N2S. The summed E-state index contributed by atoms with van der Waals surface area (Å²) in [7, 11) is 0. The van der Waals surface area contributed by atoms with Crippen LogP contribution < -0.4 is 5.32 Å². The highest BCUT2D eigenvalue weighted by atomic mass is 32.1. The first-order chi connectivity index (χ1) is 7.35. The molecule has 0 saturated carbocycles. The first kappa shape index (κ1) is 10.8. The van der Waals surface area contributed by atoms with E-state index in [0.717, 1.165) is 19.4 Å². The van der Waals surface area contributed by atoms with Crippen LogP contribution in [0.1, 0.15) is 41.4 Å². The monoisotopic (exact) mass is 222 g/mol. The molecule has 0 unspecified atom stereocenters. The number of thiazole rings is 1. The van der Waals surface area contributed by atoms with E-state index in [-0.39, 0.29) is 0 Å². The molecule has 2 nitrogen and oxygen atoms in total. The molecule has 1 aliphatic rings. The number of rotatable bonds is 4. The lowest BCUT2D eigenvalue weighted by molar-refractivity contribution is 0.485. The van der Waals surface area contributed by atoms with Gasteiger partial charge in [0, 0.05) is 17.5 Å². The van der Waals surface area contributed by atoms with Crippen LogP contribution in [0.4, 0.5) is 0 Å². The third kappa shape index (κ3) is 2.29. The predicted molar refractivity (Wildman–Crippen MR) is 65.4 cm³/mol. The van der Waals surface area contributed by atoms with Gasteiger partial charge in [0.05, 0.1) is 10.7 Å². The Morgan fingerprint density at radius 1 is 1.67 bits per heavy atom. The second kappa shape index (κ2) is 4.90. The summed E-state index contributed by atoms with van der Waals surface area (Å²) in [5, 5.41) is 4.80. The Hall–Kier alpha value is -0.670. The van der Waals surface area contributed by atoms with Crippen molar-refractivity contribution in [3.63, 3.8) is 0 Å². The summed E-state index contributed by atoms with van der Waals surface area (Å²) in [4.78, 5) is 6.15. The SMILES string of the molecule is C=CCN[C@@H]1CCCc2nc(CC)sc21. The highest BCUT2D eigenvalue weighted by Crippen LogP contribution is 2.34. The van der Waals surface area contributed by atoms with Crippen molar-refractivity contribution in [2.75, 3.05) is 6.54 Å². The second-order valence-electron chi connectivity index (χ2n) is 3.91. The fraction of sp³-hybridized carbons (Fsp3) is 0.583. The minimum Gasteiger partial charge on any atom is -0.306 e. The van der Waals surface area contributed by atoms with E-state index in [4.69, 9.17) is 0 Å². The number of nitrogens with one attached hydrogen (secondary N) is 1. The van der Waals surface area contributed by atoms with Crippen LogP contribution in [0.2, 0.25) is 0 Å². The Labute approximate surface area is 95.4 Å². The molecule has 1 aliphatic carbocycles. The molecule has 1 heterocycles. The van der Waals surface area contributed by atoms with Crippen LogP contribution in [0.5, 0.6) is 0 Å². The Kier molecular flexibility index (Phi) is 3.54. The Morgan fingerprint density at radius 2 is 2.53 bits per heavy atom. The van der Waals surface area contributed by atoms with Crippen molar-refractivity contribution in [1.82, 2.24) is 10.3 Å². The number of hydrogen-bond acceptors (Lipinski definition) is 3. The van der Waals surface area contributed by atoms with E-state index in [1.165, 1.54) is 28.4 Å². The molecule has 1 aromatic heterocycles. The Morgan fingerprint density at radius 3 is 3.27 bits per heavy atom. The smallest absolute Gasteiger partial charge is 0.0928 e. The summed E-state index contributed by atoms with van der Waals surface area (Å²) in [6.45, 7) is 6.82. The summed E-state index contributed by atoms with van der Waals surface area (Å²) in [6.07, 6.45) is 6.65. The molecule has 0 fully saturated rings. The third-order valence-electron chi connectivity index (χ3n) is 2.81. The molecule has 3 heteroatoms. The van der Waals surface area contributed by atoms with Gasteiger partial charge in [-0.15, -0.1) is 17.9 Å². The maximum absolute atomic E-state index is 4.68. The quantitative estimate of drug-likeness (QED) is 0.792. The number of fused-ring (bicyclic) bond motifs is 1.